The quantitative estimate of drug-likeness (QED) is 0.400. The van der Waals surface area contributed by atoms with E-state index in [0.717, 1.165) is 48.2 Å². The Kier molecular flexibility index (Phi) is 6.53. The normalized spacial score (nSPS) is 16.9. The molecule has 3 heterocycles. The third-order valence-electron chi connectivity index (χ3n) is 6.24. The van der Waals surface area contributed by atoms with Crippen LogP contribution >= 0.6 is 0 Å². The summed E-state index contributed by atoms with van der Waals surface area (Å²) in [6, 6.07) is 16.7. The van der Waals surface area contributed by atoms with Gasteiger partial charge in [0.25, 0.3) is 0 Å². The van der Waals surface area contributed by atoms with Crippen LogP contribution in [-0.2, 0) is 13.1 Å². The predicted octanol–water partition coefficient (Wildman–Crippen LogP) is 4.34. The number of rotatable bonds is 6. The maximum atomic E-state index is 7.82. The second kappa shape index (κ2) is 9.78. The fourth-order valence-corrected chi connectivity index (χ4v) is 4.85. The van der Waals surface area contributed by atoms with E-state index in [9.17, 15) is 0 Å². The number of likely N-dealkylation sites (tertiary alicyclic amines) is 1. The Labute approximate surface area is 212 Å². The molecule has 0 atom stereocenters. The third kappa shape index (κ3) is 5.28. The fourth-order valence-electron chi connectivity index (χ4n) is 4.85. The van der Waals surface area contributed by atoms with Crippen molar-refractivity contribution in [2.45, 2.75) is 52.4 Å². The van der Waals surface area contributed by atoms with Gasteiger partial charge in [0.15, 0.2) is 5.84 Å². The monoisotopic (exact) mass is 486 g/mol. The van der Waals surface area contributed by atoms with Crippen molar-refractivity contribution < 1.29 is 9.47 Å². The molecule has 5 rings (SSSR count). The molecule has 2 aromatic carbocycles. The van der Waals surface area contributed by atoms with Gasteiger partial charge in [-0.2, -0.15) is 0 Å². The summed E-state index contributed by atoms with van der Waals surface area (Å²) in [4.78, 5) is 11.7. The van der Waals surface area contributed by atoms with E-state index in [1.54, 1.807) is 6.92 Å². The molecule has 0 bridgehead atoms. The van der Waals surface area contributed by atoms with E-state index < -0.39 is 0 Å². The average molecular weight is 487 g/mol. The highest BCUT2D eigenvalue weighted by molar-refractivity contribution is 6.04. The summed E-state index contributed by atoms with van der Waals surface area (Å²) in [6.07, 6.45) is 1.98. The minimum Gasteiger partial charge on any atom is -0.491 e. The van der Waals surface area contributed by atoms with Gasteiger partial charge in [0.05, 0.1) is 12.1 Å². The number of ether oxygens (including phenoxy) is 2. The second-order valence-electron chi connectivity index (χ2n) is 10.2. The number of aromatic nitrogens is 2. The molecule has 0 aliphatic carbocycles. The van der Waals surface area contributed by atoms with Crippen molar-refractivity contribution in [1.29, 1.82) is 5.41 Å². The molecular formula is C28H34N6O2. The van der Waals surface area contributed by atoms with E-state index in [1.165, 1.54) is 5.56 Å². The molecule has 3 aromatic rings. The zero-order valence-corrected chi connectivity index (χ0v) is 21.4. The number of benzene rings is 2. The van der Waals surface area contributed by atoms with Gasteiger partial charge in [-0.05, 0) is 45.4 Å². The van der Waals surface area contributed by atoms with E-state index in [0.29, 0.717) is 19.0 Å². The Morgan fingerprint density at radius 3 is 2.72 bits per heavy atom. The second-order valence-corrected chi connectivity index (χ2v) is 10.2. The number of nitrogens with zero attached hydrogens (tertiary/aromatic N) is 4. The van der Waals surface area contributed by atoms with Crippen LogP contribution in [0.3, 0.4) is 0 Å². The molecule has 1 fully saturated rings. The number of imidazole rings is 1. The summed E-state index contributed by atoms with van der Waals surface area (Å²) in [5.74, 6) is 3.25. The zero-order valence-electron chi connectivity index (χ0n) is 21.4. The highest BCUT2D eigenvalue weighted by Crippen LogP contribution is 2.37. The molecule has 8 nitrogen and oxygen atoms in total. The molecule has 2 aliphatic rings. The number of hydrogen-bond donors (Lipinski definition) is 2. The first kappa shape index (κ1) is 24.1. The smallest absolute Gasteiger partial charge is 0.155 e. The molecule has 36 heavy (non-hydrogen) atoms. The van der Waals surface area contributed by atoms with Gasteiger partial charge in [-0.1, -0.05) is 30.3 Å². The van der Waals surface area contributed by atoms with Crippen LogP contribution in [0.15, 0.2) is 59.7 Å². The van der Waals surface area contributed by atoms with Crippen molar-refractivity contribution in [3.63, 3.8) is 0 Å². The number of nitrogens with one attached hydrogen (secondary N) is 2. The first-order chi connectivity index (χ1) is 17.3. The number of hydrogen-bond acceptors (Lipinski definition) is 5. The topological polar surface area (TPSA) is 87.8 Å². The molecule has 0 unspecified atom stereocenters. The van der Waals surface area contributed by atoms with Crippen molar-refractivity contribution in [1.82, 2.24) is 19.8 Å². The summed E-state index contributed by atoms with van der Waals surface area (Å²) >= 11 is 0. The van der Waals surface area contributed by atoms with Gasteiger partial charge >= 0.3 is 0 Å². The Morgan fingerprint density at radius 1 is 1.22 bits per heavy atom. The number of amidine groups is 2. The van der Waals surface area contributed by atoms with E-state index in [1.807, 2.05) is 44.3 Å². The summed E-state index contributed by atoms with van der Waals surface area (Å²) in [5, 5.41) is 11.1. The summed E-state index contributed by atoms with van der Waals surface area (Å²) in [6.45, 7) is 11.8. The van der Waals surface area contributed by atoms with E-state index in [2.05, 4.69) is 51.0 Å². The predicted molar refractivity (Wildman–Crippen MR) is 142 cm³/mol. The summed E-state index contributed by atoms with van der Waals surface area (Å²) < 4.78 is 14.6. The van der Waals surface area contributed by atoms with Crippen LogP contribution < -0.4 is 14.8 Å². The van der Waals surface area contributed by atoms with Crippen molar-refractivity contribution in [3.8, 4) is 22.9 Å². The first-order valence-electron chi connectivity index (χ1n) is 12.5. The summed E-state index contributed by atoms with van der Waals surface area (Å²) in [5.41, 5.74) is 2.74. The lowest BCUT2D eigenvalue weighted by Crippen LogP contribution is -2.62. The lowest BCUT2D eigenvalue weighted by Gasteiger charge is -2.47. The number of aliphatic imine (C=N–C) groups is 1. The first-order valence-corrected chi connectivity index (χ1v) is 12.5. The van der Waals surface area contributed by atoms with Gasteiger partial charge in [0.2, 0.25) is 0 Å². The highest BCUT2D eigenvalue weighted by atomic mass is 16.5. The largest absolute Gasteiger partial charge is 0.491 e. The molecule has 0 amide bonds. The van der Waals surface area contributed by atoms with Crippen molar-refractivity contribution in [2.24, 2.45) is 4.99 Å². The van der Waals surface area contributed by atoms with Crippen molar-refractivity contribution in [2.75, 3.05) is 19.7 Å². The van der Waals surface area contributed by atoms with Crippen LogP contribution in [0.4, 0.5) is 0 Å². The van der Waals surface area contributed by atoms with Crippen molar-refractivity contribution in [3.05, 3.63) is 66.0 Å². The van der Waals surface area contributed by atoms with E-state index in [-0.39, 0.29) is 17.5 Å². The van der Waals surface area contributed by atoms with Gasteiger partial charge in [-0.25, -0.2) is 9.98 Å². The van der Waals surface area contributed by atoms with Gasteiger partial charge in [0.1, 0.15) is 41.1 Å². The van der Waals surface area contributed by atoms with Gasteiger partial charge < -0.3 is 19.4 Å². The minimum atomic E-state index is -0.224. The van der Waals surface area contributed by atoms with Crippen molar-refractivity contribution >= 4 is 11.7 Å². The van der Waals surface area contributed by atoms with Crippen LogP contribution in [0.1, 0.15) is 39.0 Å². The van der Waals surface area contributed by atoms with Gasteiger partial charge in [-0.15, -0.1) is 0 Å². The molecule has 2 aliphatic heterocycles. The Hall–Kier alpha value is -3.65. The molecule has 0 saturated carbocycles. The van der Waals surface area contributed by atoms with E-state index in [4.69, 9.17) is 19.9 Å². The van der Waals surface area contributed by atoms with Crippen LogP contribution in [0.2, 0.25) is 0 Å². The number of fused-ring (bicyclic) bond motifs is 3. The molecule has 8 heteroatoms. The van der Waals surface area contributed by atoms with Crippen LogP contribution in [-0.4, -0.2) is 57.5 Å². The highest BCUT2D eigenvalue weighted by Gasteiger charge is 2.41. The van der Waals surface area contributed by atoms with Crippen LogP contribution in [0.5, 0.6) is 11.5 Å². The van der Waals surface area contributed by atoms with Crippen LogP contribution in [0, 0.1) is 5.41 Å². The van der Waals surface area contributed by atoms with Crippen LogP contribution in [0.25, 0.3) is 11.4 Å². The molecule has 0 radical (unpaired) electrons. The van der Waals surface area contributed by atoms with Gasteiger partial charge in [0, 0.05) is 37.9 Å². The standard InChI is InChI=1S/C28H34N6O2/c1-19(2)30-26(31-20(3)29)24-16-34-12-13-35-25-14-22(10-11-23(25)27(34)32-24)36-28(4)17-33(18-28)15-21-8-6-5-7-9-21/h5-11,14,16,19H,12-13,15,17-18H2,1-4H3,(H2,29,30,31). The lowest BCUT2D eigenvalue weighted by atomic mass is 9.95. The average Bonchev–Trinajstić information content (AvgIpc) is 3.14. The Morgan fingerprint density at radius 2 is 2.00 bits per heavy atom. The fraction of sp³-hybridized carbons (Fsp3) is 0.393. The third-order valence-corrected chi connectivity index (χ3v) is 6.24. The SMILES string of the molecule is CC(=N)/N=C(\NC(C)C)c1cn2c(n1)-c1ccc(OC3(C)CN(Cc4ccccc4)C3)cc1OCC2. The minimum absolute atomic E-state index is 0.177. The molecule has 1 aromatic heterocycles. The molecule has 1 saturated heterocycles. The lowest BCUT2D eigenvalue weighted by molar-refractivity contribution is -0.0676. The maximum absolute atomic E-state index is 7.82. The Balaban J connectivity index is 1.33. The van der Waals surface area contributed by atoms with Gasteiger partial charge in [-0.3, -0.25) is 10.3 Å². The summed E-state index contributed by atoms with van der Waals surface area (Å²) in [7, 11) is 0. The maximum Gasteiger partial charge on any atom is 0.155 e. The molecule has 2 N–H and O–H groups in total. The Bertz CT molecular complexity index is 1270. The molecule has 0 spiro atoms. The zero-order chi connectivity index (χ0) is 25.3. The molecule has 188 valence electrons. The molecular weight excluding hydrogens is 452 g/mol. The van der Waals surface area contributed by atoms with E-state index >= 15 is 0 Å².